The largest absolute Gasteiger partial charge is 0.378 e. The fourth-order valence-electron chi connectivity index (χ4n) is 3.95. The Morgan fingerprint density at radius 1 is 0.846 bits per heavy atom. The SMILES string of the molecule is CN1Cc2cc(-c3ccc(N(C)C)cc3)ccc2C(c2ccccc2)C1. The second kappa shape index (κ2) is 6.97. The summed E-state index contributed by atoms with van der Waals surface area (Å²) in [5.74, 6) is 0.454. The molecule has 1 atom stereocenters. The van der Waals surface area contributed by atoms with Gasteiger partial charge in [0, 0.05) is 38.8 Å². The average Bonchev–Trinajstić information content (AvgIpc) is 2.67. The maximum Gasteiger partial charge on any atom is 0.0361 e. The maximum atomic E-state index is 2.43. The molecule has 3 aromatic rings. The van der Waals surface area contributed by atoms with Crippen molar-refractivity contribution in [1.29, 1.82) is 0 Å². The van der Waals surface area contributed by atoms with Gasteiger partial charge < -0.3 is 9.80 Å². The Labute approximate surface area is 156 Å². The number of likely N-dealkylation sites (N-methyl/N-ethyl adjacent to an activating group) is 1. The highest BCUT2D eigenvalue weighted by molar-refractivity contribution is 5.68. The molecule has 3 aromatic carbocycles. The highest BCUT2D eigenvalue weighted by Gasteiger charge is 2.24. The summed E-state index contributed by atoms with van der Waals surface area (Å²) < 4.78 is 0. The van der Waals surface area contributed by atoms with Crippen LogP contribution in [-0.4, -0.2) is 32.6 Å². The zero-order valence-electron chi connectivity index (χ0n) is 15.8. The topological polar surface area (TPSA) is 6.48 Å². The molecule has 0 saturated carbocycles. The number of rotatable bonds is 3. The summed E-state index contributed by atoms with van der Waals surface area (Å²) in [6, 6.07) is 26.7. The van der Waals surface area contributed by atoms with E-state index in [1.807, 2.05) is 0 Å². The molecule has 2 nitrogen and oxygen atoms in total. The second-order valence-electron chi connectivity index (χ2n) is 7.51. The van der Waals surface area contributed by atoms with Gasteiger partial charge in [-0.05, 0) is 53.1 Å². The van der Waals surface area contributed by atoms with Crippen molar-refractivity contribution >= 4 is 5.69 Å². The van der Waals surface area contributed by atoms with Crippen LogP contribution in [0.2, 0.25) is 0 Å². The highest BCUT2D eigenvalue weighted by Crippen LogP contribution is 2.35. The molecule has 1 aliphatic heterocycles. The quantitative estimate of drug-likeness (QED) is 0.661. The minimum absolute atomic E-state index is 0.454. The lowest BCUT2D eigenvalue weighted by molar-refractivity contribution is 0.295. The van der Waals surface area contributed by atoms with E-state index in [2.05, 4.69) is 104 Å². The molecule has 1 heterocycles. The second-order valence-corrected chi connectivity index (χ2v) is 7.51. The molecular formula is C24H26N2. The lowest BCUT2D eigenvalue weighted by atomic mass is 9.83. The Balaban J connectivity index is 1.71. The first-order chi connectivity index (χ1) is 12.6. The van der Waals surface area contributed by atoms with Gasteiger partial charge >= 0.3 is 0 Å². The Morgan fingerprint density at radius 3 is 2.23 bits per heavy atom. The van der Waals surface area contributed by atoms with Crippen LogP contribution in [0.1, 0.15) is 22.6 Å². The lowest BCUT2D eigenvalue weighted by Crippen LogP contribution is -2.30. The molecule has 0 aromatic heterocycles. The smallest absolute Gasteiger partial charge is 0.0361 e. The Bertz CT molecular complexity index is 882. The van der Waals surface area contributed by atoms with Gasteiger partial charge in [0.05, 0.1) is 0 Å². The summed E-state index contributed by atoms with van der Waals surface area (Å²) in [5.41, 5.74) is 8.14. The van der Waals surface area contributed by atoms with Crippen molar-refractivity contribution < 1.29 is 0 Å². The average molecular weight is 342 g/mol. The molecule has 26 heavy (non-hydrogen) atoms. The summed E-state index contributed by atoms with van der Waals surface area (Å²) >= 11 is 0. The van der Waals surface area contributed by atoms with Crippen LogP contribution in [-0.2, 0) is 6.54 Å². The number of anilines is 1. The standard InChI is InChI=1S/C24H26N2/c1-25(2)22-12-9-18(10-13-22)20-11-14-23-21(15-20)16-26(3)17-24(23)19-7-5-4-6-8-19/h4-15,24H,16-17H2,1-3H3. The molecule has 1 aliphatic rings. The third-order valence-electron chi connectivity index (χ3n) is 5.37. The summed E-state index contributed by atoms with van der Waals surface area (Å²) in [6.07, 6.45) is 0. The molecule has 0 saturated heterocycles. The predicted molar refractivity (Wildman–Crippen MR) is 111 cm³/mol. The van der Waals surface area contributed by atoms with Crippen LogP contribution in [0.5, 0.6) is 0 Å². The zero-order valence-corrected chi connectivity index (χ0v) is 15.8. The van der Waals surface area contributed by atoms with Crippen LogP contribution >= 0.6 is 0 Å². The van der Waals surface area contributed by atoms with E-state index in [-0.39, 0.29) is 0 Å². The third-order valence-corrected chi connectivity index (χ3v) is 5.37. The maximum absolute atomic E-state index is 2.43. The number of fused-ring (bicyclic) bond motifs is 1. The van der Waals surface area contributed by atoms with Crippen LogP contribution in [0.3, 0.4) is 0 Å². The highest BCUT2D eigenvalue weighted by atomic mass is 15.1. The van der Waals surface area contributed by atoms with Crippen molar-refractivity contribution in [2.45, 2.75) is 12.5 Å². The molecule has 0 bridgehead atoms. The van der Waals surface area contributed by atoms with E-state index in [9.17, 15) is 0 Å². The normalized spacial score (nSPS) is 17.0. The van der Waals surface area contributed by atoms with Crippen molar-refractivity contribution in [2.75, 3.05) is 32.6 Å². The Morgan fingerprint density at radius 2 is 1.54 bits per heavy atom. The van der Waals surface area contributed by atoms with Crippen LogP contribution < -0.4 is 4.90 Å². The van der Waals surface area contributed by atoms with Crippen molar-refractivity contribution in [1.82, 2.24) is 4.90 Å². The molecule has 0 aliphatic carbocycles. The van der Waals surface area contributed by atoms with E-state index in [1.54, 1.807) is 0 Å². The van der Waals surface area contributed by atoms with Gasteiger partial charge in [0.15, 0.2) is 0 Å². The van der Waals surface area contributed by atoms with Gasteiger partial charge in [-0.3, -0.25) is 0 Å². The summed E-state index contributed by atoms with van der Waals surface area (Å²) in [4.78, 5) is 4.56. The summed E-state index contributed by atoms with van der Waals surface area (Å²) in [5, 5.41) is 0. The van der Waals surface area contributed by atoms with Crippen LogP contribution in [0.4, 0.5) is 5.69 Å². The van der Waals surface area contributed by atoms with Crippen molar-refractivity contribution in [3.05, 3.63) is 89.5 Å². The van der Waals surface area contributed by atoms with Crippen LogP contribution in [0.15, 0.2) is 72.8 Å². The summed E-state index contributed by atoms with van der Waals surface area (Å²) in [7, 11) is 6.37. The van der Waals surface area contributed by atoms with Gasteiger partial charge in [-0.25, -0.2) is 0 Å². The van der Waals surface area contributed by atoms with Gasteiger partial charge in [0.1, 0.15) is 0 Å². The van der Waals surface area contributed by atoms with E-state index in [4.69, 9.17) is 0 Å². The van der Waals surface area contributed by atoms with E-state index in [1.165, 1.54) is 33.5 Å². The van der Waals surface area contributed by atoms with Gasteiger partial charge in [0.2, 0.25) is 0 Å². The van der Waals surface area contributed by atoms with Crippen molar-refractivity contribution in [3.63, 3.8) is 0 Å². The first kappa shape index (κ1) is 16.9. The summed E-state index contributed by atoms with van der Waals surface area (Å²) in [6.45, 7) is 2.09. The third kappa shape index (κ3) is 3.25. The molecular weight excluding hydrogens is 316 g/mol. The van der Waals surface area contributed by atoms with E-state index >= 15 is 0 Å². The number of nitrogens with zero attached hydrogens (tertiary/aromatic N) is 2. The van der Waals surface area contributed by atoms with E-state index in [0.29, 0.717) is 5.92 Å². The van der Waals surface area contributed by atoms with E-state index < -0.39 is 0 Å². The molecule has 0 fully saturated rings. The molecule has 1 unspecified atom stereocenters. The Kier molecular flexibility index (Phi) is 4.52. The van der Waals surface area contributed by atoms with Gasteiger partial charge in [-0.2, -0.15) is 0 Å². The minimum Gasteiger partial charge on any atom is -0.378 e. The molecule has 132 valence electrons. The number of hydrogen-bond donors (Lipinski definition) is 0. The predicted octanol–water partition coefficient (Wildman–Crippen LogP) is 5.00. The molecule has 0 N–H and O–H groups in total. The first-order valence-corrected chi connectivity index (χ1v) is 9.26. The number of benzene rings is 3. The minimum atomic E-state index is 0.454. The first-order valence-electron chi connectivity index (χ1n) is 9.26. The van der Waals surface area contributed by atoms with Crippen molar-refractivity contribution in [3.8, 4) is 11.1 Å². The molecule has 0 amide bonds. The lowest BCUT2D eigenvalue weighted by Gasteiger charge is -2.33. The Hall–Kier alpha value is -2.58. The van der Waals surface area contributed by atoms with Crippen molar-refractivity contribution in [2.24, 2.45) is 0 Å². The number of hydrogen-bond acceptors (Lipinski definition) is 2. The monoisotopic (exact) mass is 342 g/mol. The molecule has 4 rings (SSSR count). The van der Waals surface area contributed by atoms with Crippen LogP contribution in [0.25, 0.3) is 11.1 Å². The molecule has 2 heteroatoms. The van der Waals surface area contributed by atoms with Crippen LogP contribution in [0, 0.1) is 0 Å². The van der Waals surface area contributed by atoms with Gasteiger partial charge in [-0.1, -0.05) is 54.6 Å². The molecule has 0 spiro atoms. The van der Waals surface area contributed by atoms with E-state index in [0.717, 1.165) is 13.1 Å². The van der Waals surface area contributed by atoms with Gasteiger partial charge in [-0.15, -0.1) is 0 Å². The fraction of sp³-hybridized carbons (Fsp3) is 0.250. The molecule has 0 radical (unpaired) electrons. The zero-order chi connectivity index (χ0) is 18.1. The van der Waals surface area contributed by atoms with Gasteiger partial charge in [0.25, 0.3) is 0 Å². The fourth-order valence-corrected chi connectivity index (χ4v) is 3.95.